The Morgan fingerprint density at radius 3 is 2.28 bits per heavy atom. The van der Waals surface area contributed by atoms with Crippen molar-refractivity contribution in [1.29, 1.82) is 0 Å². The Labute approximate surface area is 189 Å². The van der Waals surface area contributed by atoms with Gasteiger partial charge in [0.05, 0.1) is 0 Å². The Hall–Kier alpha value is -3.56. The molecule has 32 heavy (non-hydrogen) atoms. The standard InChI is InChI=1S/C29H26N2O/c32-29(26-14-12-24(13-15-26)23-6-2-1-3-7-23)17-21-8-10-25(11-9-21)27-18-28(27)31-20-22-5-4-16-30-19-22/h1-16,19,27-28,31H,17-18,20H2. The maximum atomic E-state index is 12.7. The molecule has 0 bridgehead atoms. The molecule has 0 saturated heterocycles. The smallest absolute Gasteiger partial charge is 0.167 e. The quantitative estimate of drug-likeness (QED) is 0.367. The van der Waals surface area contributed by atoms with Crippen molar-refractivity contribution in [2.75, 3.05) is 0 Å². The minimum Gasteiger partial charge on any atom is -0.309 e. The minimum atomic E-state index is 0.153. The van der Waals surface area contributed by atoms with Crippen LogP contribution in [-0.2, 0) is 13.0 Å². The molecule has 2 atom stereocenters. The SMILES string of the molecule is O=C(Cc1ccc(C2CC2NCc2cccnc2)cc1)c1ccc(-c2ccccc2)cc1. The lowest BCUT2D eigenvalue weighted by atomic mass is 9.98. The fourth-order valence-electron chi connectivity index (χ4n) is 4.19. The van der Waals surface area contributed by atoms with Gasteiger partial charge in [-0.25, -0.2) is 0 Å². The molecule has 1 fully saturated rings. The zero-order chi connectivity index (χ0) is 21.8. The third-order valence-electron chi connectivity index (χ3n) is 6.17. The first-order valence-electron chi connectivity index (χ1n) is 11.2. The van der Waals surface area contributed by atoms with Gasteiger partial charge in [-0.05, 0) is 40.3 Å². The molecule has 3 heteroatoms. The van der Waals surface area contributed by atoms with Crippen molar-refractivity contribution in [1.82, 2.24) is 10.3 Å². The molecule has 0 amide bonds. The van der Waals surface area contributed by atoms with Gasteiger partial charge in [0, 0.05) is 42.9 Å². The summed E-state index contributed by atoms with van der Waals surface area (Å²) in [5.74, 6) is 0.710. The molecule has 5 rings (SSSR count). The molecule has 1 saturated carbocycles. The fourth-order valence-corrected chi connectivity index (χ4v) is 4.19. The van der Waals surface area contributed by atoms with Crippen LogP contribution in [0.2, 0.25) is 0 Å². The van der Waals surface area contributed by atoms with Crippen LogP contribution in [0.5, 0.6) is 0 Å². The molecule has 3 aromatic carbocycles. The first kappa shape index (κ1) is 20.3. The van der Waals surface area contributed by atoms with Crippen LogP contribution >= 0.6 is 0 Å². The van der Waals surface area contributed by atoms with Crippen LogP contribution in [0.15, 0.2) is 103 Å². The summed E-state index contributed by atoms with van der Waals surface area (Å²) in [5, 5.41) is 3.61. The van der Waals surface area contributed by atoms with Crippen LogP contribution < -0.4 is 5.32 Å². The van der Waals surface area contributed by atoms with E-state index in [9.17, 15) is 4.79 Å². The summed E-state index contributed by atoms with van der Waals surface area (Å²) in [4.78, 5) is 16.9. The van der Waals surface area contributed by atoms with Crippen LogP contribution in [0, 0.1) is 0 Å². The molecule has 4 aromatic rings. The second kappa shape index (κ2) is 9.29. The topological polar surface area (TPSA) is 42.0 Å². The van der Waals surface area contributed by atoms with Crippen LogP contribution in [0.4, 0.5) is 0 Å². The first-order chi connectivity index (χ1) is 15.8. The van der Waals surface area contributed by atoms with E-state index in [1.54, 1.807) is 6.20 Å². The lowest BCUT2D eigenvalue weighted by Crippen LogP contribution is -2.17. The number of carbonyl (C=O) groups excluding carboxylic acids is 1. The average molecular weight is 419 g/mol. The predicted octanol–water partition coefficient (Wildman–Crippen LogP) is 5.82. The number of nitrogens with one attached hydrogen (secondary N) is 1. The first-order valence-corrected chi connectivity index (χ1v) is 11.2. The van der Waals surface area contributed by atoms with Crippen molar-refractivity contribution >= 4 is 5.78 Å². The minimum absolute atomic E-state index is 0.153. The number of nitrogens with zero attached hydrogens (tertiary/aromatic N) is 1. The maximum absolute atomic E-state index is 12.7. The summed E-state index contributed by atoms with van der Waals surface area (Å²) >= 11 is 0. The zero-order valence-electron chi connectivity index (χ0n) is 17.9. The summed E-state index contributed by atoms with van der Waals surface area (Å²) < 4.78 is 0. The normalized spacial score (nSPS) is 17.1. The molecule has 158 valence electrons. The van der Waals surface area contributed by atoms with Gasteiger partial charge < -0.3 is 5.32 Å². The summed E-state index contributed by atoms with van der Waals surface area (Å²) in [7, 11) is 0. The van der Waals surface area contributed by atoms with Gasteiger partial charge in [-0.2, -0.15) is 0 Å². The zero-order valence-corrected chi connectivity index (χ0v) is 17.9. The highest BCUT2D eigenvalue weighted by Crippen LogP contribution is 2.41. The van der Waals surface area contributed by atoms with E-state index < -0.39 is 0 Å². The van der Waals surface area contributed by atoms with Gasteiger partial charge in [-0.1, -0.05) is 84.9 Å². The lowest BCUT2D eigenvalue weighted by molar-refractivity contribution is 0.0993. The highest BCUT2D eigenvalue weighted by atomic mass is 16.1. The monoisotopic (exact) mass is 418 g/mol. The van der Waals surface area contributed by atoms with Gasteiger partial charge in [0.1, 0.15) is 0 Å². The number of ketones is 1. The fraction of sp³-hybridized carbons (Fsp3) is 0.172. The van der Waals surface area contributed by atoms with Gasteiger partial charge in [0.2, 0.25) is 0 Å². The second-order valence-electron chi connectivity index (χ2n) is 8.48. The predicted molar refractivity (Wildman–Crippen MR) is 129 cm³/mol. The molecule has 1 aliphatic rings. The summed E-state index contributed by atoms with van der Waals surface area (Å²) in [6, 6.07) is 31.3. The Kier molecular flexibility index (Phi) is 5.91. The molecule has 1 aliphatic carbocycles. The van der Waals surface area contributed by atoms with Crippen molar-refractivity contribution in [2.45, 2.75) is 31.3 Å². The van der Waals surface area contributed by atoms with E-state index in [0.717, 1.165) is 35.2 Å². The molecule has 0 aliphatic heterocycles. The lowest BCUT2D eigenvalue weighted by Gasteiger charge is -2.07. The van der Waals surface area contributed by atoms with E-state index in [-0.39, 0.29) is 5.78 Å². The summed E-state index contributed by atoms with van der Waals surface area (Å²) in [6.07, 6.45) is 5.30. The van der Waals surface area contributed by atoms with Gasteiger partial charge in [0.15, 0.2) is 5.78 Å². The Balaban J connectivity index is 1.15. The van der Waals surface area contributed by atoms with Crippen molar-refractivity contribution in [3.8, 4) is 11.1 Å². The number of aromatic nitrogens is 1. The van der Waals surface area contributed by atoms with Gasteiger partial charge in [0.25, 0.3) is 0 Å². The molecule has 1 aromatic heterocycles. The third-order valence-corrected chi connectivity index (χ3v) is 6.17. The third kappa shape index (κ3) is 4.84. The van der Waals surface area contributed by atoms with Crippen molar-refractivity contribution in [2.24, 2.45) is 0 Å². The Morgan fingerprint density at radius 2 is 1.56 bits per heavy atom. The molecular formula is C29H26N2O. The number of rotatable bonds is 8. The van der Waals surface area contributed by atoms with E-state index in [2.05, 4.69) is 52.8 Å². The van der Waals surface area contributed by atoms with Crippen molar-refractivity contribution in [3.63, 3.8) is 0 Å². The largest absolute Gasteiger partial charge is 0.309 e. The molecule has 2 unspecified atom stereocenters. The van der Waals surface area contributed by atoms with Crippen LogP contribution in [0.25, 0.3) is 11.1 Å². The molecular weight excluding hydrogens is 392 g/mol. The Bertz CT molecular complexity index is 1170. The van der Waals surface area contributed by atoms with E-state index in [1.165, 1.54) is 11.1 Å². The second-order valence-corrected chi connectivity index (χ2v) is 8.48. The van der Waals surface area contributed by atoms with Gasteiger partial charge >= 0.3 is 0 Å². The number of hydrogen-bond donors (Lipinski definition) is 1. The van der Waals surface area contributed by atoms with Crippen LogP contribution in [0.1, 0.15) is 39.4 Å². The molecule has 3 nitrogen and oxygen atoms in total. The van der Waals surface area contributed by atoms with Crippen molar-refractivity contribution in [3.05, 3.63) is 126 Å². The Morgan fingerprint density at radius 1 is 0.812 bits per heavy atom. The number of carbonyl (C=O) groups is 1. The number of benzene rings is 3. The summed E-state index contributed by atoms with van der Waals surface area (Å²) in [5.41, 5.74) is 6.67. The summed E-state index contributed by atoms with van der Waals surface area (Å²) in [6.45, 7) is 0.852. The molecule has 0 spiro atoms. The number of pyridine rings is 1. The van der Waals surface area contributed by atoms with Gasteiger partial charge in [-0.15, -0.1) is 0 Å². The van der Waals surface area contributed by atoms with E-state index in [4.69, 9.17) is 0 Å². The average Bonchev–Trinajstić information content (AvgIpc) is 3.64. The van der Waals surface area contributed by atoms with E-state index in [1.807, 2.05) is 54.7 Å². The van der Waals surface area contributed by atoms with Crippen LogP contribution in [-0.4, -0.2) is 16.8 Å². The molecule has 1 N–H and O–H groups in total. The maximum Gasteiger partial charge on any atom is 0.167 e. The van der Waals surface area contributed by atoms with Crippen molar-refractivity contribution < 1.29 is 4.79 Å². The van der Waals surface area contributed by atoms with E-state index in [0.29, 0.717) is 18.4 Å². The molecule has 0 radical (unpaired) electrons. The van der Waals surface area contributed by atoms with E-state index >= 15 is 0 Å². The number of hydrogen-bond acceptors (Lipinski definition) is 3. The molecule has 1 heterocycles. The number of Topliss-reactive ketones (excluding diaryl/α,β-unsaturated/α-hetero) is 1. The van der Waals surface area contributed by atoms with Crippen LogP contribution in [0.3, 0.4) is 0 Å². The highest BCUT2D eigenvalue weighted by Gasteiger charge is 2.37. The van der Waals surface area contributed by atoms with Gasteiger partial charge in [-0.3, -0.25) is 9.78 Å². The highest BCUT2D eigenvalue weighted by molar-refractivity contribution is 5.97.